The Morgan fingerprint density at radius 3 is 2.53 bits per heavy atom. The molecule has 0 unspecified atom stereocenters. The molecule has 0 atom stereocenters. The van der Waals surface area contributed by atoms with Gasteiger partial charge in [0.15, 0.2) is 0 Å². The first kappa shape index (κ1) is 10.5. The van der Waals surface area contributed by atoms with Crippen molar-refractivity contribution in [3.05, 3.63) is 10.8 Å². The molecule has 0 saturated carbocycles. The lowest BCUT2D eigenvalue weighted by molar-refractivity contribution is 0.0663. The molecule has 1 fully saturated rings. The predicted molar refractivity (Wildman–Crippen MR) is 58.0 cm³/mol. The fourth-order valence-corrected chi connectivity index (χ4v) is 2.17. The fraction of sp³-hybridized carbons (Fsp3) is 0.667. The SMILES string of the molecule is Cc1nsc(C(=O)N2CCN(C)CC2)n1. The van der Waals surface area contributed by atoms with Crippen LogP contribution in [0.25, 0.3) is 0 Å². The molecule has 1 saturated heterocycles. The highest BCUT2D eigenvalue weighted by Crippen LogP contribution is 2.10. The Labute approximate surface area is 92.9 Å². The third-order valence-corrected chi connectivity index (χ3v) is 3.30. The summed E-state index contributed by atoms with van der Waals surface area (Å²) in [5.41, 5.74) is 0. The highest BCUT2D eigenvalue weighted by atomic mass is 32.1. The van der Waals surface area contributed by atoms with Crippen molar-refractivity contribution in [3.8, 4) is 0 Å². The maximum Gasteiger partial charge on any atom is 0.284 e. The smallest absolute Gasteiger partial charge is 0.284 e. The quantitative estimate of drug-likeness (QED) is 0.688. The fourth-order valence-electron chi connectivity index (χ4n) is 1.53. The summed E-state index contributed by atoms with van der Waals surface area (Å²) in [5, 5.41) is 0.511. The topological polar surface area (TPSA) is 49.3 Å². The van der Waals surface area contributed by atoms with Crippen LogP contribution in [0.1, 0.15) is 15.6 Å². The number of nitrogens with zero attached hydrogens (tertiary/aromatic N) is 4. The van der Waals surface area contributed by atoms with Gasteiger partial charge in [0, 0.05) is 26.2 Å². The van der Waals surface area contributed by atoms with Crippen molar-refractivity contribution in [1.29, 1.82) is 0 Å². The highest BCUT2D eigenvalue weighted by molar-refractivity contribution is 7.07. The van der Waals surface area contributed by atoms with Gasteiger partial charge in [-0.2, -0.15) is 4.37 Å². The van der Waals surface area contributed by atoms with E-state index >= 15 is 0 Å². The molecule has 0 spiro atoms. The Kier molecular flexibility index (Phi) is 2.97. The molecule has 6 heteroatoms. The van der Waals surface area contributed by atoms with Crippen molar-refractivity contribution in [1.82, 2.24) is 19.2 Å². The molecular weight excluding hydrogens is 212 g/mol. The monoisotopic (exact) mass is 226 g/mol. The van der Waals surface area contributed by atoms with Crippen LogP contribution >= 0.6 is 11.5 Å². The van der Waals surface area contributed by atoms with Crippen molar-refractivity contribution in [3.63, 3.8) is 0 Å². The van der Waals surface area contributed by atoms with Gasteiger partial charge in [0.2, 0.25) is 5.01 Å². The second-order valence-corrected chi connectivity index (χ2v) is 4.49. The average Bonchev–Trinajstić information content (AvgIpc) is 2.65. The molecule has 2 rings (SSSR count). The molecule has 2 heterocycles. The Balaban J connectivity index is 2.02. The first-order valence-electron chi connectivity index (χ1n) is 4.95. The van der Waals surface area contributed by atoms with E-state index in [1.54, 1.807) is 6.92 Å². The molecule has 15 heavy (non-hydrogen) atoms. The zero-order valence-corrected chi connectivity index (χ0v) is 9.75. The molecule has 0 N–H and O–H groups in total. The molecule has 82 valence electrons. The maximum atomic E-state index is 11.9. The Morgan fingerprint density at radius 1 is 1.33 bits per heavy atom. The standard InChI is InChI=1S/C9H14N4OS/c1-7-10-8(15-11-7)9(14)13-5-3-12(2)4-6-13/h3-6H2,1-2H3. The van der Waals surface area contributed by atoms with Gasteiger partial charge in [-0.25, -0.2) is 4.98 Å². The lowest BCUT2D eigenvalue weighted by Crippen LogP contribution is -2.47. The summed E-state index contributed by atoms with van der Waals surface area (Å²) >= 11 is 1.19. The van der Waals surface area contributed by atoms with Gasteiger partial charge in [0.05, 0.1) is 0 Å². The van der Waals surface area contributed by atoms with Crippen molar-refractivity contribution in [2.75, 3.05) is 33.2 Å². The molecule has 1 amide bonds. The molecule has 0 radical (unpaired) electrons. The van der Waals surface area contributed by atoms with E-state index in [9.17, 15) is 4.79 Å². The van der Waals surface area contributed by atoms with E-state index < -0.39 is 0 Å². The van der Waals surface area contributed by atoms with E-state index in [1.165, 1.54) is 11.5 Å². The van der Waals surface area contributed by atoms with Crippen LogP contribution in [-0.2, 0) is 0 Å². The van der Waals surface area contributed by atoms with Gasteiger partial charge in [0.25, 0.3) is 5.91 Å². The van der Waals surface area contributed by atoms with Gasteiger partial charge in [0.1, 0.15) is 5.82 Å². The number of aryl methyl sites for hydroxylation is 1. The Hall–Kier alpha value is -1.01. The van der Waals surface area contributed by atoms with Crippen LogP contribution in [0.5, 0.6) is 0 Å². The maximum absolute atomic E-state index is 11.9. The number of aromatic nitrogens is 2. The lowest BCUT2D eigenvalue weighted by Gasteiger charge is -2.31. The predicted octanol–water partition coefficient (Wildman–Crippen LogP) is 0.234. The number of hydrogen-bond donors (Lipinski definition) is 0. The van der Waals surface area contributed by atoms with Gasteiger partial charge in [-0.3, -0.25) is 4.79 Å². The summed E-state index contributed by atoms with van der Waals surface area (Å²) in [4.78, 5) is 20.1. The number of carbonyl (C=O) groups excluding carboxylic acids is 1. The first-order valence-corrected chi connectivity index (χ1v) is 5.72. The average molecular weight is 226 g/mol. The van der Waals surface area contributed by atoms with Crippen molar-refractivity contribution in [2.24, 2.45) is 0 Å². The molecule has 0 bridgehead atoms. The molecular formula is C9H14N4OS. The van der Waals surface area contributed by atoms with Crippen LogP contribution in [0.4, 0.5) is 0 Å². The molecule has 0 aliphatic carbocycles. The molecule has 5 nitrogen and oxygen atoms in total. The van der Waals surface area contributed by atoms with Gasteiger partial charge in [-0.15, -0.1) is 0 Å². The summed E-state index contributed by atoms with van der Waals surface area (Å²) in [6, 6.07) is 0. The molecule has 1 aromatic rings. The van der Waals surface area contributed by atoms with E-state index in [0.717, 1.165) is 26.2 Å². The number of carbonyl (C=O) groups is 1. The van der Waals surface area contributed by atoms with Crippen LogP contribution in [0.3, 0.4) is 0 Å². The van der Waals surface area contributed by atoms with Gasteiger partial charge >= 0.3 is 0 Å². The van der Waals surface area contributed by atoms with Crippen LogP contribution < -0.4 is 0 Å². The molecule has 1 aromatic heterocycles. The van der Waals surface area contributed by atoms with Crippen LogP contribution in [0.2, 0.25) is 0 Å². The van der Waals surface area contributed by atoms with E-state index in [1.807, 2.05) is 4.90 Å². The van der Waals surface area contributed by atoms with E-state index in [0.29, 0.717) is 10.8 Å². The number of piperazine rings is 1. The van der Waals surface area contributed by atoms with Gasteiger partial charge < -0.3 is 9.80 Å². The number of hydrogen-bond acceptors (Lipinski definition) is 5. The van der Waals surface area contributed by atoms with Crippen molar-refractivity contribution < 1.29 is 4.79 Å². The minimum Gasteiger partial charge on any atom is -0.334 e. The minimum atomic E-state index is 0.0219. The molecule has 1 aliphatic heterocycles. The summed E-state index contributed by atoms with van der Waals surface area (Å²) in [7, 11) is 2.07. The zero-order chi connectivity index (χ0) is 10.8. The highest BCUT2D eigenvalue weighted by Gasteiger charge is 2.22. The van der Waals surface area contributed by atoms with E-state index in [2.05, 4.69) is 21.3 Å². The second-order valence-electron chi connectivity index (χ2n) is 3.74. The first-order chi connectivity index (χ1) is 7.16. The lowest BCUT2D eigenvalue weighted by atomic mass is 10.3. The minimum absolute atomic E-state index is 0.0219. The van der Waals surface area contributed by atoms with Gasteiger partial charge in [-0.05, 0) is 25.5 Å². The largest absolute Gasteiger partial charge is 0.334 e. The Bertz CT molecular complexity index is 357. The number of rotatable bonds is 1. The van der Waals surface area contributed by atoms with Crippen LogP contribution in [0, 0.1) is 6.92 Å². The van der Waals surface area contributed by atoms with Crippen LogP contribution in [0.15, 0.2) is 0 Å². The van der Waals surface area contributed by atoms with E-state index in [4.69, 9.17) is 0 Å². The van der Waals surface area contributed by atoms with Crippen LogP contribution in [-0.4, -0.2) is 58.3 Å². The number of likely N-dealkylation sites (N-methyl/N-ethyl adjacent to an activating group) is 1. The Morgan fingerprint density at radius 2 is 2.00 bits per heavy atom. The third kappa shape index (κ3) is 2.32. The summed E-state index contributed by atoms with van der Waals surface area (Å²) < 4.78 is 4.02. The molecule has 0 aromatic carbocycles. The number of amides is 1. The van der Waals surface area contributed by atoms with E-state index in [-0.39, 0.29) is 5.91 Å². The second kappa shape index (κ2) is 4.24. The summed E-state index contributed by atoms with van der Waals surface area (Å²) in [6.45, 7) is 5.24. The molecule has 1 aliphatic rings. The van der Waals surface area contributed by atoms with Gasteiger partial charge in [-0.1, -0.05) is 0 Å². The summed E-state index contributed by atoms with van der Waals surface area (Å²) in [6.07, 6.45) is 0. The van der Waals surface area contributed by atoms with Crippen molar-refractivity contribution >= 4 is 17.4 Å². The zero-order valence-electron chi connectivity index (χ0n) is 8.93. The normalized spacial score (nSPS) is 18.1. The van der Waals surface area contributed by atoms with Crippen molar-refractivity contribution in [2.45, 2.75) is 6.92 Å². The summed E-state index contributed by atoms with van der Waals surface area (Å²) in [5.74, 6) is 0.700. The third-order valence-electron chi connectivity index (χ3n) is 2.50.